The van der Waals surface area contributed by atoms with Crippen molar-refractivity contribution in [2.75, 3.05) is 11.1 Å². The smallest absolute Gasteiger partial charge is 0.358 e. The molecule has 7 nitrogen and oxygen atoms in total. The molecule has 1 aliphatic heterocycles. The van der Waals surface area contributed by atoms with Gasteiger partial charge in [-0.15, -0.1) is 0 Å². The van der Waals surface area contributed by atoms with Crippen molar-refractivity contribution in [3.05, 3.63) is 29.6 Å². The molecule has 0 saturated heterocycles. The molecule has 0 bridgehead atoms. The summed E-state index contributed by atoms with van der Waals surface area (Å²) in [5, 5.41) is 12.7. The Balaban J connectivity index is 2.21. The van der Waals surface area contributed by atoms with E-state index in [-0.39, 0.29) is 17.3 Å². The maximum absolute atomic E-state index is 11.2. The first-order valence-electron chi connectivity index (χ1n) is 4.70. The van der Waals surface area contributed by atoms with E-state index in [0.29, 0.717) is 0 Å². The van der Waals surface area contributed by atoms with Crippen LogP contribution >= 0.6 is 0 Å². The number of aromatic carboxylic acids is 1. The van der Waals surface area contributed by atoms with Crippen molar-refractivity contribution in [2.24, 2.45) is 0 Å². The Kier molecular flexibility index (Phi) is 2.80. The number of carbonyl (C=O) groups is 1. The van der Waals surface area contributed by atoms with Crippen molar-refractivity contribution in [3.8, 4) is 0 Å². The summed E-state index contributed by atoms with van der Waals surface area (Å²) in [6.45, 7) is 0. The number of nitrogens with zero attached hydrogens (tertiary/aromatic N) is 2. The average molecular weight is 255 g/mol. The van der Waals surface area contributed by atoms with Crippen LogP contribution in [-0.2, 0) is 9.84 Å². The van der Waals surface area contributed by atoms with Crippen molar-refractivity contribution < 1.29 is 18.3 Å². The molecule has 17 heavy (non-hydrogen) atoms. The first kappa shape index (κ1) is 11.5. The number of hydrogen-bond donors (Lipinski definition) is 2. The summed E-state index contributed by atoms with van der Waals surface area (Å²) < 4.78 is 22.3. The molecule has 1 aromatic rings. The Labute approximate surface area is 97.1 Å². The predicted octanol–water partition coefficient (Wildman–Crippen LogP) is -0.103. The number of rotatable bonds is 3. The normalized spacial score (nSPS) is 21.3. The molecule has 0 saturated carbocycles. The van der Waals surface area contributed by atoms with E-state index in [1.165, 1.54) is 18.5 Å². The molecule has 1 unspecified atom stereocenters. The molecule has 2 heterocycles. The van der Waals surface area contributed by atoms with Gasteiger partial charge in [0.25, 0.3) is 0 Å². The summed E-state index contributed by atoms with van der Waals surface area (Å²) in [7, 11) is -3.19. The van der Waals surface area contributed by atoms with Gasteiger partial charge in [0.1, 0.15) is 0 Å². The van der Waals surface area contributed by atoms with Crippen molar-refractivity contribution >= 4 is 21.6 Å². The topological polar surface area (TPSA) is 109 Å². The lowest BCUT2D eigenvalue weighted by molar-refractivity contribution is 0.0691. The molecule has 0 amide bonds. The second-order valence-electron chi connectivity index (χ2n) is 3.47. The Morgan fingerprint density at radius 3 is 2.71 bits per heavy atom. The number of carboxylic acid groups (broad SMARTS) is 1. The molecule has 2 N–H and O–H groups in total. The third-order valence-electron chi connectivity index (χ3n) is 2.15. The van der Waals surface area contributed by atoms with E-state index in [9.17, 15) is 13.2 Å². The molecule has 0 aliphatic carbocycles. The fourth-order valence-electron chi connectivity index (χ4n) is 1.44. The molecule has 0 aromatic carbocycles. The Morgan fingerprint density at radius 2 is 2.12 bits per heavy atom. The molecule has 90 valence electrons. The van der Waals surface area contributed by atoms with Gasteiger partial charge in [-0.25, -0.2) is 23.2 Å². The molecule has 0 spiro atoms. The van der Waals surface area contributed by atoms with Gasteiger partial charge >= 0.3 is 5.97 Å². The lowest BCUT2D eigenvalue weighted by Gasteiger charge is -2.11. The lowest BCUT2D eigenvalue weighted by Crippen LogP contribution is -2.23. The molecule has 2 rings (SSSR count). The zero-order valence-electron chi connectivity index (χ0n) is 8.57. The maximum Gasteiger partial charge on any atom is 0.358 e. The van der Waals surface area contributed by atoms with E-state index in [2.05, 4.69) is 15.3 Å². The largest absolute Gasteiger partial charge is 0.476 e. The number of nitrogens with one attached hydrogen (secondary N) is 1. The van der Waals surface area contributed by atoms with Gasteiger partial charge in [0, 0.05) is 17.8 Å². The average Bonchev–Trinajstić information content (AvgIpc) is 2.58. The van der Waals surface area contributed by atoms with Gasteiger partial charge < -0.3 is 10.4 Å². The van der Waals surface area contributed by atoms with Crippen LogP contribution in [0, 0.1) is 0 Å². The summed E-state index contributed by atoms with van der Waals surface area (Å²) in [5.74, 6) is -1.26. The fourth-order valence-corrected chi connectivity index (χ4v) is 2.68. The quantitative estimate of drug-likeness (QED) is 0.775. The molecular formula is C9H9N3O4S. The zero-order chi connectivity index (χ0) is 12.5. The van der Waals surface area contributed by atoms with E-state index in [1.807, 2.05) is 0 Å². The minimum atomic E-state index is -3.19. The van der Waals surface area contributed by atoms with E-state index in [0.717, 1.165) is 5.41 Å². The maximum atomic E-state index is 11.2. The molecule has 1 atom stereocenters. The van der Waals surface area contributed by atoms with Crippen LogP contribution in [0.25, 0.3) is 0 Å². The molecule has 0 fully saturated rings. The second kappa shape index (κ2) is 4.13. The number of hydrogen-bond acceptors (Lipinski definition) is 6. The van der Waals surface area contributed by atoms with Gasteiger partial charge in [-0.3, -0.25) is 0 Å². The van der Waals surface area contributed by atoms with Crippen LogP contribution in [0.2, 0.25) is 0 Å². The van der Waals surface area contributed by atoms with Gasteiger partial charge in [-0.05, 0) is 6.08 Å². The minimum absolute atomic E-state index is 0.0618. The SMILES string of the molecule is O=C(O)c1nccnc1NC1C=CS(=O)(=O)C1. The van der Waals surface area contributed by atoms with E-state index < -0.39 is 21.8 Å². The van der Waals surface area contributed by atoms with Crippen molar-refractivity contribution in [1.29, 1.82) is 0 Å². The van der Waals surface area contributed by atoms with Gasteiger partial charge in [-0.2, -0.15) is 0 Å². The first-order valence-corrected chi connectivity index (χ1v) is 6.41. The predicted molar refractivity (Wildman–Crippen MR) is 59.3 cm³/mol. The van der Waals surface area contributed by atoms with Crippen molar-refractivity contribution in [1.82, 2.24) is 9.97 Å². The van der Waals surface area contributed by atoms with Crippen LogP contribution in [0.15, 0.2) is 23.9 Å². The van der Waals surface area contributed by atoms with Crippen LogP contribution in [0.3, 0.4) is 0 Å². The number of sulfone groups is 1. The highest BCUT2D eigenvalue weighted by Gasteiger charge is 2.23. The van der Waals surface area contributed by atoms with Crippen LogP contribution in [0.5, 0.6) is 0 Å². The molecule has 1 aliphatic rings. The summed E-state index contributed by atoms with van der Waals surface area (Å²) in [4.78, 5) is 18.3. The zero-order valence-corrected chi connectivity index (χ0v) is 9.38. The fraction of sp³-hybridized carbons (Fsp3) is 0.222. The first-order chi connectivity index (χ1) is 7.98. The van der Waals surface area contributed by atoms with E-state index >= 15 is 0 Å². The highest BCUT2D eigenvalue weighted by molar-refractivity contribution is 7.94. The number of carboxylic acids is 1. The number of anilines is 1. The van der Waals surface area contributed by atoms with E-state index in [1.54, 1.807) is 0 Å². The van der Waals surface area contributed by atoms with Crippen LogP contribution < -0.4 is 5.32 Å². The van der Waals surface area contributed by atoms with Crippen molar-refractivity contribution in [2.45, 2.75) is 6.04 Å². The summed E-state index contributed by atoms with van der Waals surface area (Å²) in [5.41, 5.74) is -0.231. The molecule has 8 heteroatoms. The Bertz CT molecular complexity index is 582. The van der Waals surface area contributed by atoms with Gasteiger partial charge in [0.05, 0.1) is 11.8 Å². The molecule has 0 radical (unpaired) electrons. The molecular weight excluding hydrogens is 246 g/mol. The summed E-state index contributed by atoms with van der Waals surface area (Å²) in [6, 6.07) is -0.477. The Hall–Kier alpha value is -1.96. The van der Waals surface area contributed by atoms with Crippen LogP contribution in [0.4, 0.5) is 5.82 Å². The van der Waals surface area contributed by atoms with Crippen LogP contribution in [-0.4, -0.2) is 41.3 Å². The standard InChI is InChI=1S/C9H9N3O4S/c13-9(14)7-8(11-3-2-10-7)12-6-1-4-17(15,16)5-6/h1-4,6H,5H2,(H,11,12)(H,13,14). The lowest BCUT2D eigenvalue weighted by atomic mass is 10.3. The number of aromatic nitrogens is 2. The van der Waals surface area contributed by atoms with Gasteiger partial charge in [0.15, 0.2) is 21.3 Å². The van der Waals surface area contributed by atoms with Gasteiger partial charge in [0.2, 0.25) is 0 Å². The minimum Gasteiger partial charge on any atom is -0.476 e. The second-order valence-corrected chi connectivity index (χ2v) is 5.40. The summed E-state index contributed by atoms with van der Waals surface area (Å²) >= 11 is 0. The van der Waals surface area contributed by atoms with E-state index in [4.69, 9.17) is 5.11 Å². The van der Waals surface area contributed by atoms with Gasteiger partial charge in [-0.1, -0.05) is 0 Å². The highest BCUT2D eigenvalue weighted by atomic mass is 32.2. The van der Waals surface area contributed by atoms with Crippen molar-refractivity contribution in [3.63, 3.8) is 0 Å². The Morgan fingerprint density at radius 1 is 1.41 bits per heavy atom. The monoisotopic (exact) mass is 255 g/mol. The third-order valence-corrected chi connectivity index (χ3v) is 3.55. The summed E-state index contributed by atoms with van der Waals surface area (Å²) in [6.07, 6.45) is 4.05. The third kappa shape index (κ3) is 2.59. The van der Waals surface area contributed by atoms with Crippen LogP contribution in [0.1, 0.15) is 10.5 Å². The molecule has 1 aromatic heterocycles. The highest BCUT2D eigenvalue weighted by Crippen LogP contribution is 2.15.